The number of carbonyl (C=O) groups excluding carboxylic acids is 1. The molecule has 0 aliphatic carbocycles. The first-order chi connectivity index (χ1) is 17.5. The summed E-state index contributed by atoms with van der Waals surface area (Å²) in [4.78, 5) is 18.0. The zero-order valence-electron chi connectivity index (χ0n) is 21.5. The molecule has 7 heteroatoms. The van der Waals surface area contributed by atoms with Crippen LogP contribution in [0.3, 0.4) is 0 Å². The summed E-state index contributed by atoms with van der Waals surface area (Å²) < 4.78 is 30.4. The second-order valence-electron chi connectivity index (χ2n) is 10.2. The first-order valence-corrected chi connectivity index (χ1v) is 13.2. The number of nitrogens with zero attached hydrogens (tertiary/aromatic N) is 2. The van der Waals surface area contributed by atoms with Crippen molar-refractivity contribution >= 4 is 5.91 Å². The zero-order chi connectivity index (χ0) is 25.3. The predicted octanol–water partition coefficient (Wildman–Crippen LogP) is 4.66. The Morgan fingerprint density at radius 3 is 2.31 bits per heavy atom. The average molecular weight is 499 g/mol. The molecule has 2 heterocycles. The summed E-state index contributed by atoms with van der Waals surface area (Å²) in [5, 5.41) is 0. The predicted molar refractivity (Wildman–Crippen MR) is 137 cm³/mol. The lowest BCUT2D eigenvalue weighted by Gasteiger charge is -2.39. The average Bonchev–Trinajstić information content (AvgIpc) is 3.41. The molecule has 196 valence electrons. The fourth-order valence-corrected chi connectivity index (χ4v) is 4.77. The van der Waals surface area contributed by atoms with Gasteiger partial charge in [-0.1, -0.05) is 38.1 Å². The van der Waals surface area contributed by atoms with Gasteiger partial charge in [0, 0.05) is 38.6 Å². The van der Waals surface area contributed by atoms with E-state index in [0.717, 1.165) is 55.8 Å². The van der Waals surface area contributed by atoms with Crippen LogP contribution in [0.5, 0.6) is 5.75 Å². The first-order valence-electron chi connectivity index (χ1n) is 13.2. The molecular weight excluding hydrogens is 459 g/mol. The molecule has 0 atom stereocenters. The van der Waals surface area contributed by atoms with Gasteiger partial charge < -0.3 is 24.0 Å². The number of likely N-dealkylation sites (tertiary alicyclic amines) is 1. The van der Waals surface area contributed by atoms with E-state index in [0.29, 0.717) is 38.7 Å². The molecule has 1 amide bonds. The summed E-state index contributed by atoms with van der Waals surface area (Å²) in [6.45, 7) is 9.57. The highest BCUT2D eigenvalue weighted by molar-refractivity contribution is 5.79. The lowest BCUT2D eigenvalue weighted by molar-refractivity contribution is -0.134. The maximum Gasteiger partial charge on any atom is 0.227 e. The molecule has 2 aliphatic rings. The second kappa shape index (κ2) is 13.2. The number of halogens is 1. The van der Waals surface area contributed by atoms with E-state index < -0.39 is 0 Å². The van der Waals surface area contributed by atoms with Crippen LogP contribution in [0.4, 0.5) is 4.39 Å². The minimum Gasteiger partial charge on any atom is -0.493 e. The number of hydrogen-bond donors (Lipinski definition) is 0. The van der Waals surface area contributed by atoms with Crippen LogP contribution in [0.2, 0.25) is 0 Å². The fraction of sp³-hybridized carbons (Fsp3) is 0.552. The molecule has 2 aliphatic heterocycles. The van der Waals surface area contributed by atoms with Crippen molar-refractivity contribution in [1.29, 1.82) is 0 Å². The van der Waals surface area contributed by atoms with Crippen molar-refractivity contribution in [2.45, 2.75) is 58.4 Å². The summed E-state index contributed by atoms with van der Waals surface area (Å²) in [5.41, 5.74) is 1.91. The summed E-state index contributed by atoms with van der Waals surface area (Å²) in [5.74, 6) is 1.12. The van der Waals surface area contributed by atoms with Crippen molar-refractivity contribution in [2.24, 2.45) is 5.92 Å². The lowest BCUT2D eigenvalue weighted by Crippen LogP contribution is -2.48. The summed E-state index contributed by atoms with van der Waals surface area (Å²) in [7, 11) is 0. The van der Waals surface area contributed by atoms with Crippen molar-refractivity contribution in [3.63, 3.8) is 0 Å². The summed E-state index contributed by atoms with van der Waals surface area (Å²) in [6, 6.07) is 14.4. The molecule has 0 spiro atoms. The highest BCUT2D eigenvalue weighted by Gasteiger charge is 2.29. The number of rotatable bonds is 11. The summed E-state index contributed by atoms with van der Waals surface area (Å²) in [6.07, 6.45) is 2.96. The van der Waals surface area contributed by atoms with Crippen LogP contribution < -0.4 is 4.74 Å². The van der Waals surface area contributed by atoms with E-state index in [1.165, 1.54) is 12.1 Å². The quantitative estimate of drug-likeness (QED) is 0.451. The second-order valence-corrected chi connectivity index (χ2v) is 10.2. The van der Waals surface area contributed by atoms with Crippen molar-refractivity contribution in [1.82, 2.24) is 9.80 Å². The fourth-order valence-electron chi connectivity index (χ4n) is 4.77. The van der Waals surface area contributed by atoms with Crippen LogP contribution >= 0.6 is 0 Å². The van der Waals surface area contributed by atoms with Crippen molar-refractivity contribution in [3.8, 4) is 5.75 Å². The Hall–Kier alpha value is -2.48. The SMILES string of the molecule is CC(C)COc1ccc(CC(=O)N(Cc2ccc(F)cc2)C2CCN(CCC3OCCO3)CC2)cc1. The van der Waals surface area contributed by atoms with Crippen LogP contribution in [0, 0.1) is 11.7 Å². The van der Waals surface area contributed by atoms with E-state index in [9.17, 15) is 9.18 Å². The van der Waals surface area contributed by atoms with Gasteiger partial charge >= 0.3 is 0 Å². The van der Waals surface area contributed by atoms with Crippen molar-refractivity contribution in [3.05, 3.63) is 65.5 Å². The van der Waals surface area contributed by atoms with E-state index >= 15 is 0 Å². The van der Waals surface area contributed by atoms with Crippen LogP contribution in [-0.4, -0.2) is 67.5 Å². The molecule has 0 saturated carbocycles. The monoisotopic (exact) mass is 498 g/mol. The van der Waals surface area contributed by atoms with E-state index in [2.05, 4.69) is 18.7 Å². The Balaban J connectivity index is 1.36. The molecule has 36 heavy (non-hydrogen) atoms. The molecular formula is C29H39FN2O4. The van der Waals surface area contributed by atoms with Gasteiger partial charge in [-0.05, 0) is 54.2 Å². The van der Waals surface area contributed by atoms with Crippen LogP contribution in [0.15, 0.2) is 48.5 Å². The molecule has 0 aromatic heterocycles. The third kappa shape index (κ3) is 8.02. The molecule has 0 N–H and O–H groups in total. The molecule has 2 aromatic carbocycles. The lowest BCUT2D eigenvalue weighted by atomic mass is 10.0. The third-order valence-electron chi connectivity index (χ3n) is 6.82. The van der Waals surface area contributed by atoms with Gasteiger partial charge in [0.05, 0.1) is 26.2 Å². The molecule has 2 saturated heterocycles. The molecule has 2 aromatic rings. The van der Waals surface area contributed by atoms with Crippen molar-refractivity contribution in [2.75, 3.05) is 39.5 Å². The zero-order valence-corrected chi connectivity index (χ0v) is 21.5. The molecule has 2 fully saturated rings. The highest BCUT2D eigenvalue weighted by atomic mass is 19.1. The maximum atomic E-state index is 13.5. The van der Waals surface area contributed by atoms with Gasteiger partial charge in [0.2, 0.25) is 5.91 Å². The normalized spacial score (nSPS) is 17.6. The molecule has 4 rings (SSSR count). The minimum absolute atomic E-state index is 0.0820. The summed E-state index contributed by atoms with van der Waals surface area (Å²) >= 11 is 0. The number of piperidine rings is 1. The smallest absolute Gasteiger partial charge is 0.227 e. The van der Waals surface area contributed by atoms with Crippen molar-refractivity contribution < 1.29 is 23.4 Å². The Bertz CT molecular complexity index is 937. The highest BCUT2D eigenvalue weighted by Crippen LogP contribution is 2.22. The Morgan fingerprint density at radius 2 is 1.67 bits per heavy atom. The Labute approximate surface area is 214 Å². The van der Waals surface area contributed by atoms with E-state index in [-0.39, 0.29) is 24.1 Å². The van der Waals surface area contributed by atoms with Gasteiger partial charge in [-0.3, -0.25) is 4.79 Å². The van der Waals surface area contributed by atoms with Gasteiger partial charge in [-0.25, -0.2) is 4.39 Å². The molecule has 0 bridgehead atoms. The van der Waals surface area contributed by atoms with Gasteiger partial charge in [-0.15, -0.1) is 0 Å². The van der Waals surface area contributed by atoms with Gasteiger partial charge in [0.1, 0.15) is 11.6 Å². The van der Waals surface area contributed by atoms with E-state index in [1.807, 2.05) is 29.2 Å². The van der Waals surface area contributed by atoms with Crippen LogP contribution in [0.25, 0.3) is 0 Å². The van der Waals surface area contributed by atoms with E-state index in [1.54, 1.807) is 12.1 Å². The number of hydrogen-bond acceptors (Lipinski definition) is 5. The molecule has 6 nitrogen and oxygen atoms in total. The third-order valence-corrected chi connectivity index (χ3v) is 6.82. The topological polar surface area (TPSA) is 51.2 Å². The Kier molecular flexibility index (Phi) is 9.73. The number of benzene rings is 2. The number of carbonyl (C=O) groups is 1. The standard InChI is InChI=1S/C29H39FN2O4/c1-22(2)21-36-27-9-5-23(6-10-27)19-28(33)32(20-24-3-7-25(30)8-4-24)26-11-14-31(15-12-26)16-13-29-34-17-18-35-29/h3-10,22,26,29H,11-21H2,1-2H3. The van der Waals surface area contributed by atoms with Gasteiger partial charge in [0.25, 0.3) is 0 Å². The van der Waals surface area contributed by atoms with Gasteiger partial charge in [-0.2, -0.15) is 0 Å². The maximum absolute atomic E-state index is 13.5. The van der Waals surface area contributed by atoms with Gasteiger partial charge in [0.15, 0.2) is 6.29 Å². The van der Waals surface area contributed by atoms with Crippen LogP contribution in [-0.2, 0) is 27.2 Å². The molecule has 0 unspecified atom stereocenters. The molecule has 0 radical (unpaired) electrons. The minimum atomic E-state index is -0.264. The Morgan fingerprint density at radius 1 is 1.03 bits per heavy atom. The first kappa shape index (κ1) is 26.6. The number of amides is 1. The largest absolute Gasteiger partial charge is 0.493 e. The van der Waals surface area contributed by atoms with Crippen LogP contribution in [0.1, 0.15) is 44.2 Å². The van der Waals surface area contributed by atoms with E-state index in [4.69, 9.17) is 14.2 Å². The number of ether oxygens (including phenoxy) is 3.